The van der Waals surface area contributed by atoms with Gasteiger partial charge in [-0.15, -0.1) is 0 Å². The summed E-state index contributed by atoms with van der Waals surface area (Å²) >= 11 is 1.76. The Balaban J connectivity index is 2.28. The summed E-state index contributed by atoms with van der Waals surface area (Å²) in [5.41, 5.74) is 2.15. The van der Waals surface area contributed by atoms with Crippen LogP contribution < -0.4 is 0 Å². The summed E-state index contributed by atoms with van der Waals surface area (Å²) in [7, 11) is -3.32. The maximum absolute atomic E-state index is 12.6. The van der Waals surface area contributed by atoms with Gasteiger partial charge in [-0.25, -0.2) is 8.42 Å². The van der Waals surface area contributed by atoms with E-state index in [2.05, 4.69) is 6.26 Å². The van der Waals surface area contributed by atoms with Gasteiger partial charge >= 0.3 is 0 Å². The summed E-state index contributed by atoms with van der Waals surface area (Å²) in [6.07, 6.45) is 4.12. The summed E-state index contributed by atoms with van der Waals surface area (Å²) in [4.78, 5) is 0.428. The molecule has 1 aliphatic heterocycles. The minimum atomic E-state index is -3.32. The third-order valence-corrected chi connectivity index (χ3v) is 6.70. The van der Waals surface area contributed by atoms with Crippen molar-refractivity contribution in [2.45, 2.75) is 36.8 Å². The third-order valence-electron chi connectivity index (χ3n) is 3.79. The number of benzene rings is 1. The van der Waals surface area contributed by atoms with E-state index in [4.69, 9.17) is 0 Å². The first-order chi connectivity index (χ1) is 8.95. The minimum Gasteiger partial charge on any atom is -0.207 e. The van der Waals surface area contributed by atoms with Crippen molar-refractivity contribution in [2.24, 2.45) is 0 Å². The number of sulfonamides is 1. The van der Waals surface area contributed by atoms with E-state index in [-0.39, 0.29) is 0 Å². The Labute approximate surface area is 120 Å². The van der Waals surface area contributed by atoms with Crippen LogP contribution in [0.1, 0.15) is 24.0 Å². The zero-order valence-electron chi connectivity index (χ0n) is 11.7. The van der Waals surface area contributed by atoms with E-state index in [0.29, 0.717) is 23.2 Å². The molecule has 1 heterocycles. The summed E-state index contributed by atoms with van der Waals surface area (Å²) in [5, 5.41) is 0.426. The Morgan fingerprint density at radius 2 is 2.00 bits per heavy atom. The highest BCUT2D eigenvalue weighted by Gasteiger charge is 2.29. The van der Waals surface area contributed by atoms with Crippen molar-refractivity contribution in [1.29, 1.82) is 0 Å². The molecule has 1 atom stereocenters. The fourth-order valence-corrected chi connectivity index (χ4v) is 4.77. The van der Waals surface area contributed by atoms with Crippen LogP contribution >= 0.6 is 11.8 Å². The molecule has 1 aromatic carbocycles. The molecule has 0 radical (unpaired) electrons. The first-order valence-electron chi connectivity index (χ1n) is 6.55. The zero-order chi connectivity index (χ0) is 14.0. The van der Waals surface area contributed by atoms with E-state index in [0.717, 1.165) is 24.0 Å². The van der Waals surface area contributed by atoms with Crippen LogP contribution in [-0.4, -0.2) is 37.3 Å². The van der Waals surface area contributed by atoms with Gasteiger partial charge in [0.1, 0.15) is 0 Å². The van der Waals surface area contributed by atoms with E-state index in [1.807, 2.05) is 19.9 Å². The molecule has 0 N–H and O–H groups in total. The predicted molar refractivity (Wildman–Crippen MR) is 81.2 cm³/mol. The second kappa shape index (κ2) is 5.85. The molecular formula is C14H21NO2S2. The molecule has 5 heteroatoms. The van der Waals surface area contributed by atoms with Crippen molar-refractivity contribution < 1.29 is 8.42 Å². The van der Waals surface area contributed by atoms with Gasteiger partial charge in [-0.2, -0.15) is 16.1 Å². The lowest BCUT2D eigenvalue weighted by molar-refractivity contribution is 0.353. The normalized spacial score (nSPS) is 21.5. The van der Waals surface area contributed by atoms with Crippen molar-refractivity contribution in [3.05, 3.63) is 29.3 Å². The number of piperidine rings is 1. The first kappa shape index (κ1) is 14.9. The molecule has 19 heavy (non-hydrogen) atoms. The van der Waals surface area contributed by atoms with Crippen LogP contribution in [0, 0.1) is 13.8 Å². The van der Waals surface area contributed by atoms with Gasteiger partial charge < -0.3 is 0 Å². The molecule has 2 rings (SSSR count). The third kappa shape index (κ3) is 3.15. The lowest BCUT2D eigenvalue weighted by Crippen LogP contribution is -2.41. The molecule has 1 aliphatic rings. The van der Waals surface area contributed by atoms with Crippen LogP contribution in [0.15, 0.2) is 23.1 Å². The molecule has 1 fully saturated rings. The number of rotatable bonds is 3. The summed E-state index contributed by atoms with van der Waals surface area (Å²) in [6, 6.07) is 5.39. The van der Waals surface area contributed by atoms with Gasteiger partial charge in [0.25, 0.3) is 0 Å². The molecular weight excluding hydrogens is 278 g/mol. The van der Waals surface area contributed by atoms with Gasteiger partial charge in [-0.05, 0) is 56.2 Å². The highest BCUT2D eigenvalue weighted by atomic mass is 32.2. The summed E-state index contributed by atoms with van der Waals surface area (Å²) in [6.45, 7) is 5.23. The number of thioether (sulfide) groups is 1. The maximum atomic E-state index is 12.6. The minimum absolute atomic E-state index is 0.426. The molecule has 0 aromatic heterocycles. The SMILES string of the molecule is CS[C@@H]1CCCN(S(=O)(=O)c2ccc(C)c(C)c2)C1. The Morgan fingerprint density at radius 3 is 2.63 bits per heavy atom. The molecule has 0 unspecified atom stereocenters. The van der Waals surface area contributed by atoms with E-state index >= 15 is 0 Å². The van der Waals surface area contributed by atoms with Gasteiger partial charge in [-0.1, -0.05) is 6.07 Å². The second-order valence-corrected chi connectivity index (χ2v) is 8.19. The first-order valence-corrected chi connectivity index (χ1v) is 9.28. The molecule has 0 amide bonds. The van der Waals surface area contributed by atoms with Crippen LogP contribution in [0.3, 0.4) is 0 Å². The van der Waals surface area contributed by atoms with Crippen molar-refractivity contribution in [2.75, 3.05) is 19.3 Å². The highest BCUT2D eigenvalue weighted by Crippen LogP contribution is 2.26. The predicted octanol–water partition coefficient (Wildman–Crippen LogP) is 2.82. The quantitative estimate of drug-likeness (QED) is 0.861. The Bertz CT molecular complexity index is 555. The van der Waals surface area contributed by atoms with Gasteiger partial charge in [0.05, 0.1) is 4.90 Å². The smallest absolute Gasteiger partial charge is 0.207 e. The van der Waals surface area contributed by atoms with Crippen molar-refractivity contribution in [3.8, 4) is 0 Å². The highest BCUT2D eigenvalue weighted by molar-refractivity contribution is 7.99. The van der Waals surface area contributed by atoms with Crippen LogP contribution in [0.2, 0.25) is 0 Å². The Kier molecular flexibility index (Phi) is 4.58. The second-order valence-electron chi connectivity index (χ2n) is 5.11. The lowest BCUT2D eigenvalue weighted by Gasteiger charge is -2.31. The maximum Gasteiger partial charge on any atom is 0.243 e. The molecule has 0 saturated carbocycles. The van der Waals surface area contributed by atoms with Gasteiger partial charge in [0, 0.05) is 18.3 Å². The van der Waals surface area contributed by atoms with Crippen LogP contribution in [0.25, 0.3) is 0 Å². The molecule has 0 bridgehead atoms. The van der Waals surface area contributed by atoms with Gasteiger partial charge in [0.15, 0.2) is 0 Å². The standard InChI is InChI=1S/C14H21NO2S2/c1-11-6-7-14(9-12(11)2)19(16,17)15-8-4-5-13(10-15)18-3/h6-7,9,13H,4-5,8,10H2,1-3H3/t13-/m1/s1. The number of hydrogen-bond acceptors (Lipinski definition) is 3. The van der Waals surface area contributed by atoms with Gasteiger partial charge in [-0.3, -0.25) is 0 Å². The van der Waals surface area contributed by atoms with Crippen LogP contribution in [0.4, 0.5) is 0 Å². The number of hydrogen-bond donors (Lipinski definition) is 0. The topological polar surface area (TPSA) is 37.4 Å². The summed E-state index contributed by atoms with van der Waals surface area (Å²) in [5.74, 6) is 0. The average molecular weight is 299 g/mol. The Morgan fingerprint density at radius 1 is 1.26 bits per heavy atom. The fraction of sp³-hybridized carbons (Fsp3) is 0.571. The Hall–Kier alpha value is -0.520. The van der Waals surface area contributed by atoms with Crippen molar-refractivity contribution >= 4 is 21.8 Å². The fourth-order valence-electron chi connectivity index (χ4n) is 2.34. The summed E-state index contributed by atoms with van der Waals surface area (Å²) < 4.78 is 26.9. The van der Waals surface area contributed by atoms with E-state index in [9.17, 15) is 8.42 Å². The van der Waals surface area contributed by atoms with Crippen LogP contribution in [0.5, 0.6) is 0 Å². The molecule has 0 aliphatic carbocycles. The monoisotopic (exact) mass is 299 g/mol. The number of nitrogens with zero attached hydrogens (tertiary/aromatic N) is 1. The number of aryl methyl sites for hydroxylation is 2. The van der Waals surface area contributed by atoms with E-state index in [1.54, 1.807) is 28.2 Å². The molecule has 1 aromatic rings. The van der Waals surface area contributed by atoms with Crippen LogP contribution in [-0.2, 0) is 10.0 Å². The largest absolute Gasteiger partial charge is 0.243 e. The van der Waals surface area contributed by atoms with E-state index < -0.39 is 10.0 Å². The molecule has 0 spiro atoms. The average Bonchev–Trinajstić information content (AvgIpc) is 2.41. The van der Waals surface area contributed by atoms with Crippen molar-refractivity contribution in [1.82, 2.24) is 4.31 Å². The van der Waals surface area contributed by atoms with Crippen molar-refractivity contribution in [3.63, 3.8) is 0 Å². The van der Waals surface area contributed by atoms with E-state index in [1.165, 1.54) is 0 Å². The molecule has 1 saturated heterocycles. The van der Waals surface area contributed by atoms with Gasteiger partial charge in [0.2, 0.25) is 10.0 Å². The molecule has 106 valence electrons. The lowest BCUT2D eigenvalue weighted by atomic mass is 10.1. The molecule has 3 nitrogen and oxygen atoms in total. The zero-order valence-corrected chi connectivity index (χ0v) is 13.4.